The lowest BCUT2D eigenvalue weighted by Crippen LogP contribution is -2.22. The predicted molar refractivity (Wildman–Crippen MR) is 67.1 cm³/mol. The molecule has 0 aliphatic rings. The average molecular weight is 223 g/mol. The molecule has 0 spiro atoms. The van der Waals surface area contributed by atoms with Crippen LogP contribution < -0.4 is 5.32 Å². The fraction of sp³-hybridized carbons (Fsp3) is 0.571. The molecule has 1 nitrogen and oxygen atoms in total. The Labute approximate surface area is 98.1 Å². The van der Waals surface area contributed by atoms with Gasteiger partial charge in [0.05, 0.1) is 0 Å². The van der Waals surface area contributed by atoms with Crippen LogP contribution in [0.1, 0.15) is 38.7 Å². The Morgan fingerprint density at radius 2 is 1.75 bits per heavy atom. The maximum Gasteiger partial charge on any atom is 0.123 e. The van der Waals surface area contributed by atoms with Gasteiger partial charge in [-0.2, -0.15) is 0 Å². The van der Waals surface area contributed by atoms with E-state index in [-0.39, 0.29) is 11.2 Å². The van der Waals surface area contributed by atoms with Gasteiger partial charge in [0.25, 0.3) is 0 Å². The maximum atomic E-state index is 12.9. The lowest BCUT2D eigenvalue weighted by molar-refractivity contribution is 0.303. The third kappa shape index (κ3) is 3.60. The molecule has 0 radical (unpaired) electrons. The number of halogens is 1. The molecular formula is C14H22FN. The molecule has 1 rings (SSSR count). The van der Waals surface area contributed by atoms with E-state index in [2.05, 4.69) is 26.1 Å². The van der Waals surface area contributed by atoms with Gasteiger partial charge in [-0.1, -0.05) is 32.9 Å². The average Bonchev–Trinajstić information content (AvgIpc) is 2.19. The van der Waals surface area contributed by atoms with Gasteiger partial charge in [0.2, 0.25) is 0 Å². The van der Waals surface area contributed by atoms with Crippen LogP contribution in [0.2, 0.25) is 0 Å². The number of nitrogens with one attached hydrogen (secondary N) is 1. The molecule has 16 heavy (non-hydrogen) atoms. The fourth-order valence-corrected chi connectivity index (χ4v) is 2.08. The third-order valence-corrected chi connectivity index (χ3v) is 3.00. The molecule has 0 fully saturated rings. The highest BCUT2D eigenvalue weighted by Gasteiger charge is 2.25. The van der Waals surface area contributed by atoms with E-state index in [1.54, 1.807) is 12.1 Å². The Balaban J connectivity index is 2.88. The third-order valence-electron chi connectivity index (χ3n) is 3.00. The van der Waals surface area contributed by atoms with Crippen molar-refractivity contribution in [1.82, 2.24) is 5.32 Å². The smallest absolute Gasteiger partial charge is 0.123 e. The summed E-state index contributed by atoms with van der Waals surface area (Å²) in [7, 11) is 1.96. The molecule has 1 aromatic rings. The van der Waals surface area contributed by atoms with Crippen molar-refractivity contribution in [3.05, 3.63) is 35.6 Å². The van der Waals surface area contributed by atoms with E-state index in [0.717, 1.165) is 13.0 Å². The molecule has 1 unspecified atom stereocenters. The van der Waals surface area contributed by atoms with Crippen molar-refractivity contribution in [2.75, 3.05) is 13.6 Å². The monoisotopic (exact) mass is 223 g/mol. The number of hydrogen-bond donors (Lipinski definition) is 1. The van der Waals surface area contributed by atoms with Crippen LogP contribution in [0.4, 0.5) is 4.39 Å². The quantitative estimate of drug-likeness (QED) is 0.823. The summed E-state index contributed by atoms with van der Waals surface area (Å²) in [6.45, 7) is 7.68. The van der Waals surface area contributed by atoms with Crippen LogP contribution in [0.5, 0.6) is 0 Å². The van der Waals surface area contributed by atoms with Crippen LogP contribution >= 0.6 is 0 Å². The second-order valence-corrected chi connectivity index (χ2v) is 5.36. The molecule has 0 amide bonds. The fourth-order valence-electron chi connectivity index (χ4n) is 2.08. The molecule has 90 valence electrons. The second-order valence-electron chi connectivity index (χ2n) is 5.36. The molecule has 0 bridgehead atoms. The first-order valence-corrected chi connectivity index (χ1v) is 5.85. The summed E-state index contributed by atoms with van der Waals surface area (Å²) in [4.78, 5) is 0. The summed E-state index contributed by atoms with van der Waals surface area (Å²) in [5.74, 6) is 0.297. The highest BCUT2D eigenvalue weighted by Crippen LogP contribution is 2.37. The van der Waals surface area contributed by atoms with Crippen LogP contribution in [0.25, 0.3) is 0 Å². The van der Waals surface area contributed by atoms with E-state index in [4.69, 9.17) is 0 Å². The van der Waals surface area contributed by atoms with Gasteiger partial charge in [0, 0.05) is 0 Å². The van der Waals surface area contributed by atoms with E-state index in [1.165, 1.54) is 5.56 Å². The first-order valence-electron chi connectivity index (χ1n) is 5.85. The van der Waals surface area contributed by atoms with Crippen LogP contribution in [0.15, 0.2) is 24.3 Å². The van der Waals surface area contributed by atoms with E-state index in [9.17, 15) is 4.39 Å². The van der Waals surface area contributed by atoms with E-state index >= 15 is 0 Å². The summed E-state index contributed by atoms with van der Waals surface area (Å²) in [5.41, 5.74) is 1.43. The van der Waals surface area contributed by atoms with Gasteiger partial charge in [-0.3, -0.25) is 0 Å². The van der Waals surface area contributed by atoms with Crippen molar-refractivity contribution < 1.29 is 4.39 Å². The Hall–Kier alpha value is -0.890. The summed E-state index contributed by atoms with van der Waals surface area (Å²) < 4.78 is 12.9. The zero-order valence-corrected chi connectivity index (χ0v) is 10.7. The van der Waals surface area contributed by atoms with Gasteiger partial charge in [0.15, 0.2) is 0 Å². The predicted octanol–water partition coefficient (Wildman–Crippen LogP) is 3.56. The molecule has 0 aliphatic carbocycles. The molecule has 1 aromatic carbocycles. The molecular weight excluding hydrogens is 201 g/mol. The van der Waals surface area contributed by atoms with Crippen LogP contribution in [-0.4, -0.2) is 13.6 Å². The van der Waals surface area contributed by atoms with E-state index in [0.29, 0.717) is 5.92 Å². The van der Waals surface area contributed by atoms with Gasteiger partial charge in [0.1, 0.15) is 5.82 Å². The molecule has 0 saturated carbocycles. The van der Waals surface area contributed by atoms with Crippen LogP contribution in [0.3, 0.4) is 0 Å². The van der Waals surface area contributed by atoms with E-state index in [1.807, 2.05) is 19.2 Å². The summed E-state index contributed by atoms with van der Waals surface area (Å²) in [6.07, 6.45) is 1.08. The lowest BCUT2D eigenvalue weighted by Gasteiger charge is -2.31. The van der Waals surface area contributed by atoms with Gasteiger partial charge in [-0.25, -0.2) is 4.39 Å². The van der Waals surface area contributed by atoms with Gasteiger partial charge < -0.3 is 5.32 Å². The molecule has 0 aromatic heterocycles. The number of hydrogen-bond acceptors (Lipinski definition) is 1. The van der Waals surface area contributed by atoms with Crippen molar-refractivity contribution in [2.45, 2.75) is 33.1 Å². The van der Waals surface area contributed by atoms with E-state index < -0.39 is 0 Å². The molecule has 1 atom stereocenters. The first-order chi connectivity index (χ1) is 7.45. The number of rotatable bonds is 4. The topological polar surface area (TPSA) is 12.0 Å². The SMILES string of the molecule is CNCCC(c1ccc(F)cc1)C(C)(C)C. The summed E-state index contributed by atoms with van der Waals surface area (Å²) in [5, 5.41) is 3.18. The second kappa shape index (κ2) is 5.44. The van der Waals surface area contributed by atoms with Crippen molar-refractivity contribution in [1.29, 1.82) is 0 Å². The minimum Gasteiger partial charge on any atom is -0.320 e. The van der Waals surface area contributed by atoms with Crippen LogP contribution in [0, 0.1) is 11.2 Å². The Morgan fingerprint density at radius 3 is 2.19 bits per heavy atom. The molecule has 2 heteroatoms. The molecule has 0 heterocycles. The molecule has 0 saturated heterocycles. The van der Waals surface area contributed by atoms with Crippen LogP contribution in [-0.2, 0) is 0 Å². The highest BCUT2D eigenvalue weighted by molar-refractivity contribution is 5.22. The standard InChI is InChI=1S/C14H22FN/c1-14(2,3)13(9-10-16-4)11-5-7-12(15)8-6-11/h5-8,13,16H,9-10H2,1-4H3. The summed E-state index contributed by atoms with van der Waals surface area (Å²) in [6, 6.07) is 6.91. The Morgan fingerprint density at radius 1 is 1.19 bits per heavy atom. The van der Waals surface area contributed by atoms with Gasteiger partial charge >= 0.3 is 0 Å². The number of benzene rings is 1. The molecule has 1 N–H and O–H groups in total. The maximum absolute atomic E-state index is 12.9. The lowest BCUT2D eigenvalue weighted by atomic mass is 9.74. The van der Waals surface area contributed by atoms with Crippen molar-refractivity contribution in [2.24, 2.45) is 5.41 Å². The Kier molecular flexibility index (Phi) is 4.48. The minimum absolute atomic E-state index is 0.162. The molecule has 0 aliphatic heterocycles. The van der Waals surface area contributed by atoms with Crippen molar-refractivity contribution in [3.63, 3.8) is 0 Å². The largest absolute Gasteiger partial charge is 0.320 e. The Bertz CT molecular complexity index is 311. The highest BCUT2D eigenvalue weighted by atomic mass is 19.1. The zero-order chi connectivity index (χ0) is 12.2. The van der Waals surface area contributed by atoms with Gasteiger partial charge in [-0.05, 0) is 49.0 Å². The summed E-state index contributed by atoms with van der Waals surface area (Å²) >= 11 is 0. The zero-order valence-electron chi connectivity index (χ0n) is 10.7. The van der Waals surface area contributed by atoms with Crippen molar-refractivity contribution >= 4 is 0 Å². The van der Waals surface area contributed by atoms with Crippen molar-refractivity contribution in [3.8, 4) is 0 Å². The normalized spacial score (nSPS) is 13.8. The van der Waals surface area contributed by atoms with Gasteiger partial charge in [-0.15, -0.1) is 0 Å². The first kappa shape index (κ1) is 13.2. The minimum atomic E-state index is -0.162.